The van der Waals surface area contributed by atoms with Crippen molar-refractivity contribution in [3.05, 3.63) is 170 Å². The van der Waals surface area contributed by atoms with Gasteiger partial charge in [0.15, 0.2) is 0 Å². The van der Waals surface area contributed by atoms with Crippen molar-refractivity contribution in [1.29, 1.82) is 0 Å². The number of thiophene rings is 1. The van der Waals surface area contributed by atoms with Crippen molar-refractivity contribution < 1.29 is 0 Å². The zero-order valence-corrected chi connectivity index (χ0v) is 27.3. The van der Waals surface area contributed by atoms with Gasteiger partial charge in [-0.1, -0.05) is 121 Å². The minimum atomic E-state index is 1.17. The lowest BCUT2D eigenvalue weighted by molar-refractivity contribution is 1.17. The highest BCUT2D eigenvalue weighted by Gasteiger charge is 2.23. The summed E-state index contributed by atoms with van der Waals surface area (Å²) >= 11 is 1.91. The molecule has 11 rings (SSSR count). The normalized spacial score (nSPS) is 12.1. The molecule has 11 aromatic rings. The number of nitrogens with zero attached hydrogens (tertiary/aromatic N) is 2. The molecule has 0 aliphatic rings. The topological polar surface area (TPSA) is 9.86 Å². The standard InChI is InChI=1S/C46H28N2S/c1-2-12-29(13-3-1)30-22-24-31(25-23-30)48-41-27-26-32(47-39-19-9-6-14-33(39)34-15-7-10-20-40(34)47)28-38(41)43-35-16-4-5-17-36(35)44-37-18-8-11-21-42(37)49-46(44)45(43)48/h1-28H. The predicted octanol–water partition coefficient (Wildman–Crippen LogP) is 13.1. The van der Waals surface area contributed by atoms with E-state index in [9.17, 15) is 0 Å². The first-order valence-corrected chi connectivity index (χ1v) is 17.6. The Morgan fingerprint density at radius 3 is 1.59 bits per heavy atom. The zero-order valence-electron chi connectivity index (χ0n) is 26.5. The van der Waals surface area contributed by atoms with Crippen LogP contribution in [0.25, 0.3) is 97.1 Å². The fourth-order valence-electron chi connectivity index (χ4n) is 8.21. The fraction of sp³-hybridized carbons (Fsp3) is 0. The SMILES string of the molecule is c1ccc(-c2ccc(-n3c4ccc(-n5c6ccccc6c6ccccc65)cc4c4c5ccccc5c5c6ccccc6sc5c43)cc2)cc1. The van der Waals surface area contributed by atoms with Gasteiger partial charge in [-0.2, -0.15) is 0 Å². The summed E-state index contributed by atoms with van der Waals surface area (Å²) in [5.74, 6) is 0. The van der Waals surface area contributed by atoms with Gasteiger partial charge in [-0.3, -0.25) is 0 Å². The molecule has 0 atom stereocenters. The second-order valence-corrected chi connectivity index (χ2v) is 13.9. The Bertz CT molecular complexity index is 3030. The van der Waals surface area contributed by atoms with E-state index in [1.165, 1.54) is 97.1 Å². The Morgan fingerprint density at radius 2 is 0.878 bits per heavy atom. The van der Waals surface area contributed by atoms with Crippen LogP contribution >= 0.6 is 11.3 Å². The molecule has 49 heavy (non-hydrogen) atoms. The van der Waals surface area contributed by atoms with Gasteiger partial charge in [0.25, 0.3) is 0 Å². The number of aromatic nitrogens is 2. The van der Waals surface area contributed by atoms with E-state index in [0.29, 0.717) is 0 Å². The van der Waals surface area contributed by atoms with Gasteiger partial charge < -0.3 is 9.13 Å². The van der Waals surface area contributed by atoms with Gasteiger partial charge in [0, 0.05) is 48.4 Å². The highest BCUT2D eigenvalue weighted by Crippen LogP contribution is 2.48. The quantitative estimate of drug-likeness (QED) is 0.182. The third kappa shape index (κ3) is 3.76. The molecular weight excluding hydrogens is 613 g/mol. The number of hydrogen-bond donors (Lipinski definition) is 0. The third-order valence-electron chi connectivity index (χ3n) is 10.3. The van der Waals surface area contributed by atoms with E-state index < -0.39 is 0 Å². The maximum atomic E-state index is 2.51. The number of para-hydroxylation sites is 2. The van der Waals surface area contributed by atoms with Crippen LogP contribution in [0.15, 0.2) is 170 Å². The summed E-state index contributed by atoms with van der Waals surface area (Å²) in [5.41, 5.74) is 9.71. The maximum absolute atomic E-state index is 2.51. The molecule has 0 bridgehead atoms. The molecule has 2 nitrogen and oxygen atoms in total. The molecule has 3 heterocycles. The number of benzene rings is 8. The van der Waals surface area contributed by atoms with Crippen LogP contribution in [0.1, 0.15) is 0 Å². The Kier molecular flexibility index (Phi) is 5.57. The first kappa shape index (κ1) is 26.9. The predicted molar refractivity (Wildman–Crippen MR) is 211 cm³/mol. The molecule has 0 unspecified atom stereocenters. The van der Waals surface area contributed by atoms with Crippen LogP contribution in [0, 0.1) is 0 Å². The van der Waals surface area contributed by atoms with Crippen LogP contribution in [-0.2, 0) is 0 Å². The fourth-order valence-corrected chi connectivity index (χ4v) is 9.47. The van der Waals surface area contributed by atoms with E-state index in [2.05, 4.69) is 179 Å². The molecule has 228 valence electrons. The summed E-state index contributed by atoms with van der Waals surface area (Å²) in [4.78, 5) is 0. The summed E-state index contributed by atoms with van der Waals surface area (Å²) in [6.07, 6.45) is 0. The minimum absolute atomic E-state index is 1.17. The molecule has 0 aliphatic carbocycles. The third-order valence-corrected chi connectivity index (χ3v) is 11.5. The lowest BCUT2D eigenvalue weighted by Crippen LogP contribution is -1.96. The van der Waals surface area contributed by atoms with Crippen molar-refractivity contribution in [2.75, 3.05) is 0 Å². The molecule has 0 saturated carbocycles. The summed E-state index contributed by atoms with van der Waals surface area (Å²) in [6.45, 7) is 0. The van der Waals surface area contributed by atoms with Crippen molar-refractivity contribution >= 4 is 85.9 Å². The van der Waals surface area contributed by atoms with Gasteiger partial charge in [-0.25, -0.2) is 0 Å². The number of hydrogen-bond acceptors (Lipinski definition) is 1. The van der Waals surface area contributed by atoms with Gasteiger partial charge in [0.1, 0.15) is 0 Å². The first-order valence-electron chi connectivity index (χ1n) is 16.8. The van der Waals surface area contributed by atoms with Crippen molar-refractivity contribution in [3.63, 3.8) is 0 Å². The van der Waals surface area contributed by atoms with Gasteiger partial charge >= 0.3 is 0 Å². The van der Waals surface area contributed by atoms with E-state index in [0.717, 1.165) is 0 Å². The molecule has 3 aromatic heterocycles. The first-order chi connectivity index (χ1) is 24.3. The molecule has 3 heteroatoms. The van der Waals surface area contributed by atoms with E-state index in [4.69, 9.17) is 0 Å². The molecule has 0 saturated heterocycles. The van der Waals surface area contributed by atoms with Crippen LogP contribution in [0.4, 0.5) is 0 Å². The lowest BCUT2D eigenvalue weighted by Gasteiger charge is -2.12. The largest absolute Gasteiger partial charge is 0.309 e. The van der Waals surface area contributed by atoms with Crippen LogP contribution in [-0.4, -0.2) is 9.13 Å². The lowest BCUT2D eigenvalue weighted by atomic mass is 9.98. The van der Waals surface area contributed by atoms with Crippen molar-refractivity contribution in [2.24, 2.45) is 0 Å². The molecule has 0 radical (unpaired) electrons. The molecule has 8 aromatic carbocycles. The van der Waals surface area contributed by atoms with Gasteiger partial charge in [-0.05, 0) is 70.4 Å². The molecular formula is C46H28N2S. The molecule has 0 spiro atoms. The Balaban J connectivity index is 1.30. The van der Waals surface area contributed by atoms with E-state index in [1.54, 1.807) is 0 Å². The van der Waals surface area contributed by atoms with Gasteiger partial charge in [-0.15, -0.1) is 11.3 Å². The smallest absolute Gasteiger partial charge is 0.0726 e. The van der Waals surface area contributed by atoms with Gasteiger partial charge in [0.2, 0.25) is 0 Å². The van der Waals surface area contributed by atoms with E-state index in [-0.39, 0.29) is 0 Å². The average Bonchev–Trinajstić information content (AvgIpc) is 3.83. The minimum Gasteiger partial charge on any atom is -0.309 e. The Morgan fingerprint density at radius 1 is 0.347 bits per heavy atom. The average molecular weight is 641 g/mol. The van der Waals surface area contributed by atoms with E-state index in [1.807, 2.05) is 11.3 Å². The van der Waals surface area contributed by atoms with E-state index >= 15 is 0 Å². The van der Waals surface area contributed by atoms with Crippen LogP contribution in [0.3, 0.4) is 0 Å². The van der Waals surface area contributed by atoms with Crippen molar-refractivity contribution in [2.45, 2.75) is 0 Å². The second kappa shape index (κ2) is 10.2. The Labute approximate surface area is 286 Å². The Hall–Kier alpha value is -6.16. The van der Waals surface area contributed by atoms with Gasteiger partial charge in [0.05, 0.1) is 26.8 Å². The van der Waals surface area contributed by atoms with Crippen LogP contribution in [0.2, 0.25) is 0 Å². The summed E-state index contributed by atoms with van der Waals surface area (Å²) in [5, 5.41) is 10.4. The summed E-state index contributed by atoms with van der Waals surface area (Å²) in [6, 6.07) is 62.2. The molecule has 0 aliphatic heterocycles. The summed E-state index contributed by atoms with van der Waals surface area (Å²) in [7, 11) is 0. The number of rotatable bonds is 3. The summed E-state index contributed by atoms with van der Waals surface area (Å²) < 4.78 is 7.59. The highest BCUT2D eigenvalue weighted by atomic mass is 32.1. The monoisotopic (exact) mass is 640 g/mol. The molecule has 0 N–H and O–H groups in total. The van der Waals surface area contributed by atoms with Crippen molar-refractivity contribution in [1.82, 2.24) is 9.13 Å². The molecule has 0 amide bonds. The van der Waals surface area contributed by atoms with Crippen LogP contribution in [0.5, 0.6) is 0 Å². The van der Waals surface area contributed by atoms with Crippen molar-refractivity contribution in [3.8, 4) is 22.5 Å². The highest BCUT2D eigenvalue weighted by molar-refractivity contribution is 7.27. The van der Waals surface area contributed by atoms with Crippen LogP contribution < -0.4 is 0 Å². The zero-order chi connectivity index (χ0) is 32.1. The maximum Gasteiger partial charge on any atom is 0.0726 e. The molecule has 0 fully saturated rings. The second-order valence-electron chi connectivity index (χ2n) is 12.9. The number of fused-ring (bicyclic) bond motifs is 13.